The Balaban J connectivity index is 6.44. The monoisotopic (exact) mass is 410 g/mol. The first kappa shape index (κ1) is 29.0. The Kier molecular flexibility index (Phi) is 7.81. The molecule has 1 heteroatoms. The lowest BCUT2D eigenvalue weighted by molar-refractivity contribution is -0.211. The van der Waals surface area contributed by atoms with Crippen LogP contribution in [0.15, 0.2) is 0 Å². The summed E-state index contributed by atoms with van der Waals surface area (Å²) in [4.78, 5) is 0. The molecule has 0 N–H and O–H groups in total. The molecule has 0 heterocycles. The second-order valence-corrected chi connectivity index (χ2v) is 15.8. The molecule has 0 radical (unpaired) electrons. The SMILES string of the molecule is CC(C)(C)C(COCC(C(C)(C)C)(C(C)(C)C)C(C)(C)C)(C(C)(C)C)C(C)(C)C. The van der Waals surface area contributed by atoms with E-state index < -0.39 is 0 Å². The summed E-state index contributed by atoms with van der Waals surface area (Å²) in [6.07, 6.45) is 0. The van der Waals surface area contributed by atoms with Crippen molar-refractivity contribution in [2.45, 2.75) is 125 Å². The van der Waals surface area contributed by atoms with Gasteiger partial charge in [0.1, 0.15) is 0 Å². The van der Waals surface area contributed by atoms with E-state index in [-0.39, 0.29) is 43.3 Å². The van der Waals surface area contributed by atoms with E-state index in [0.29, 0.717) is 0 Å². The van der Waals surface area contributed by atoms with Crippen molar-refractivity contribution in [2.75, 3.05) is 13.2 Å². The maximum Gasteiger partial charge on any atom is 0.0537 e. The van der Waals surface area contributed by atoms with Crippen LogP contribution in [0.3, 0.4) is 0 Å². The third-order valence-corrected chi connectivity index (χ3v) is 8.32. The van der Waals surface area contributed by atoms with E-state index in [1.807, 2.05) is 0 Å². The summed E-state index contributed by atoms with van der Waals surface area (Å²) in [5.74, 6) is 0. The van der Waals surface area contributed by atoms with Crippen LogP contribution in [0.5, 0.6) is 0 Å². The van der Waals surface area contributed by atoms with Crippen LogP contribution in [-0.2, 0) is 4.74 Å². The Hall–Kier alpha value is -0.0400. The summed E-state index contributed by atoms with van der Waals surface area (Å²) in [5, 5.41) is 0. The van der Waals surface area contributed by atoms with Crippen LogP contribution in [-0.4, -0.2) is 13.2 Å². The molecule has 0 aromatic rings. The van der Waals surface area contributed by atoms with Gasteiger partial charge in [-0.1, -0.05) is 125 Å². The van der Waals surface area contributed by atoms with Crippen LogP contribution in [0.25, 0.3) is 0 Å². The number of hydrogen-bond acceptors (Lipinski definition) is 1. The molecule has 0 amide bonds. The lowest BCUT2D eigenvalue weighted by atomic mass is 9.44. The summed E-state index contributed by atoms with van der Waals surface area (Å²) in [5.41, 5.74) is 0.803. The molecule has 0 saturated heterocycles. The maximum absolute atomic E-state index is 6.92. The first-order valence-electron chi connectivity index (χ1n) is 11.8. The molecule has 0 aliphatic heterocycles. The van der Waals surface area contributed by atoms with E-state index in [1.54, 1.807) is 0 Å². The summed E-state index contributed by atoms with van der Waals surface area (Å²) >= 11 is 0. The zero-order valence-electron chi connectivity index (χ0n) is 23.8. The zero-order valence-corrected chi connectivity index (χ0v) is 23.8. The largest absolute Gasteiger partial charge is 0.380 e. The van der Waals surface area contributed by atoms with Crippen molar-refractivity contribution in [3.63, 3.8) is 0 Å². The van der Waals surface area contributed by atoms with Gasteiger partial charge in [0, 0.05) is 10.8 Å². The van der Waals surface area contributed by atoms with Crippen molar-refractivity contribution in [3.8, 4) is 0 Å². The van der Waals surface area contributed by atoms with Gasteiger partial charge in [-0.2, -0.15) is 0 Å². The Morgan fingerprint density at radius 2 is 0.448 bits per heavy atom. The Morgan fingerprint density at radius 3 is 0.552 bits per heavy atom. The molecular formula is C28H58O. The topological polar surface area (TPSA) is 9.23 Å². The molecule has 0 fully saturated rings. The van der Waals surface area contributed by atoms with Gasteiger partial charge in [-0.25, -0.2) is 0 Å². The molecule has 0 spiro atoms. The van der Waals surface area contributed by atoms with Gasteiger partial charge in [0.2, 0.25) is 0 Å². The first-order valence-corrected chi connectivity index (χ1v) is 11.8. The van der Waals surface area contributed by atoms with Crippen molar-refractivity contribution < 1.29 is 4.74 Å². The summed E-state index contributed by atoms with van der Waals surface area (Å²) < 4.78 is 6.92. The standard InChI is InChI=1S/C28H58O/c1-21(2,3)27(22(4,5)6,23(7,8)9)19-29-20-28(24(10,11)12,25(13,14)15)26(16,17)18/h19-20H2,1-18H3. The normalized spacial score (nSPS) is 16.3. The Labute approximate surface area is 186 Å². The van der Waals surface area contributed by atoms with Gasteiger partial charge in [0.15, 0.2) is 0 Å². The van der Waals surface area contributed by atoms with Crippen molar-refractivity contribution in [2.24, 2.45) is 43.3 Å². The average Bonchev–Trinajstić information content (AvgIpc) is 2.27. The van der Waals surface area contributed by atoms with Crippen molar-refractivity contribution in [1.29, 1.82) is 0 Å². The van der Waals surface area contributed by atoms with Gasteiger partial charge in [-0.05, 0) is 32.5 Å². The van der Waals surface area contributed by atoms with Gasteiger partial charge >= 0.3 is 0 Å². The van der Waals surface area contributed by atoms with Gasteiger partial charge < -0.3 is 4.74 Å². The van der Waals surface area contributed by atoms with Gasteiger partial charge in [-0.15, -0.1) is 0 Å². The molecule has 0 aromatic heterocycles. The number of rotatable bonds is 4. The highest BCUT2D eigenvalue weighted by Gasteiger charge is 2.60. The zero-order chi connectivity index (χ0) is 24.1. The van der Waals surface area contributed by atoms with Crippen molar-refractivity contribution >= 4 is 0 Å². The summed E-state index contributed by atoms with van der Waals surface area (Å²) in [6.45, 7) is 44.8. The molecule has 1 nitrogen and oxygen atoms in total. The highest BCUT2D eigenvalue weighted by Crippen LogP contribution is 2.64. The predicted octanol–water partition coefficient (Wildman–Crippen LogP) is 9.25. The Bertz CT molecular complexity index is 402. The van der Waals surface area contributed by atoms with E-state index in [2.05, 4.69) is 125 Å². The van der Waals surface area contributed by atoms with Gasteiger partial charge in [0.25, 0.3) is 0 Å². The second-order valence-electron chi connectivity index (χ2n) is 15.8. The molecule has 29 heavy (non-hydrogen) atoms. The molecule has 0 rings (SSSR count). The smallest absolute Gasteiger partial charge is 0.0537 e. The second kappa shape index (κ2) is 7.83. The van der Waals surface area contributed by atoms with Gasteiger partial charge in [-0.3, -0.25) is 0 Å². The molecular weight excluding hydrogens is 352 g/mol. The maximum atomic E-state index is 6.92. The third-order valence-electron chi connectivity index (χ3n) is 8.32. The lowest BCUT2D eigenvalue weighted by Gasteiger charge is -2.63. The molecule has 0 bridgehead atoms. The average molecular weight is 411 g/mol. The number of ether oxygens (including phenoxy) is 1. The van der Waals surface area contributed by atoms with Crippen molar-refractivity contribution in [3.05, 3.63) is 0 Å². The fourth-order valence-electron chi connectivity index (χ4n) is 8.41. The molecule has 0 aliphatic carbocycles. The lowest BCUT2D eigenvalue weighted by Crippen LogP contribution is -2.60. The van der Waals surface area contributed by atoms with E-state index in [9.17, 15) is 0 Å². The molecule has 0 saturated carbocycles. The van der Waals surface area contributed by atoms with Gasteiger partial charge in [0.05, 0.1) is 13.2 Å². The van der Waals surface area contributed by atoms with Crippen LogP contribution in [0, 0.1) is 43.3 Å². The highest BCUT2D eigenvalue weighted by molar-refractivity contribution is 5.08. The van der Waals surface area contributed by atoms with E-state index in [0.717, 1.165) is 13.2 Å². The molecule has 0 atom stereocenters. The summed E-state index contributed by atoms with van der Waals surface area (Å²) in [7, 11) is 0. The summed E-state index contributed by atoms with van der Waals surface area (Å²) in [6, 6.07) is 0. The molecule has 0 aromatic carbocycles. The van der Waals surface area contributed by atoms with E-state index in [4.69, 9.17) is 4.74 Å². The van der Waals surface area contributed by atoms with Crippen LogP contribution in [0.4, 0.5) is 0 Å². The molecule has 176 valence electrons. The fourth-order valence-corrected chi connectivity index (χ4v) is 8.41. The minimum Gasteiger partial charge on any atom is -0.380 e. The first-order chi connectivity index (χ1) is 12.2. The molecule has 0 aliphatic rings. The van der Waals surface area contributed by atoms with E-state index >= 15 is 0 Å². The van der Waals surface area contributed by atoms with E-state index in [1.165, 1.54) is 0 Å². The van der Waals surface area contributed by atoms with Crippen molar-refractivity contribution in [1.82, 2.24) is 0 Å². The number of hydrogen-bond donors (Lipinski definition) is 0. The Morgan fingerprint density at radius 1 is 0.310 bits per heavy atom. The predicted molar refractivity (Wildman–Crippen MR) is 132 cm³/mol. The van der Waals surface area contributed by atoms with Crippen LogP contribution < -0.4 is 0 Å². The van der Waals surface area contributed by atoms with Crippen LogP contribution >= 0.6 is 0 Å². The fraction of sp³-hybridized carbons (Fsp3) is 1.00. The van der Waals surface area contributed by atoms with Crippen LogP contribution in [0.2, 0.25) is 0 Å². The van der Waals surface area contributed by atoms with Crippen LogP contribution in [0.1, 0.15) is 125 Å². The highest BCUT2D eigenvalue weighted by atomic mass is 16.5. The minimum absolute atomic E-state index is 0.0341. The minimum atomic E-state index is 0.0341. The quantitative estimate of drug-likeness (QED) is 0.448. The molecule has 0 unspecified atom stereocenters. The third kappa shape index (κ3) is 4.91.